The zero-order chi connectivity index (χ0) is 18.7. The van der Waals surface area contributed by atoms with Gasteiger partial charge in [0.2, 0.25) is 5.95 Å². The predicted octanol–water partition coefficient (Wildman–Crippen LogP) is 1.35. The van der Waals surface area contributed by atoms with Crippen molar-refractivity contribution in [1.82, 2.24) is 25.5 Å². The van der Waals surface area contributed by atoms with E-state index in [1.165, 1.54) is 5.56 Å². The zero-order valence-electron chi connectivity index (χ0n) is 16.0. The lowest BCUT2D eigenvalue weighted by Crippen LogP contribution is -2.47. The van der Waals surface area contributed by atoms with E-state index < -0.39 is 0 Å². The summed E-state index contributed by atoms with van der Waals surface area (Å²) in [6.07, 6.45) is 4.70. The van der Waals surface area contributed by atoms with E-state index in [0.29, 0.717) is 0 Å². The molecule has 1 aliphatic rings. The maximum absolute atomic E-state index is 4.34. The monoisotopic (exact) mass is 367 g/mol. The molecule has 1 aliphatic heterocycles. The first-order chi connectivity index (χ1) is 13.3. The summed E-state index contributed by atoms with van der Waals surface area (Å²) < 4.78 is 0. The van der Waals surface area contributed by atoms with Gasteiger partial charge in [-0.25, -0.2) is 9.97 Å². The summed E-state index contributed by atoms with van der Waals surface area (Å²) in [4.78, 5) is 17.7. The Kier molecular flexibility index (Phi) is 7.41. The molecule has 1 fully saturated rings. The minimum absolute atomic E-state index is 0.782. The van der Waals surface area contributed by atoms with Crippen LogP contribution in [-0.2, 0) is 6.54 Å². The molecule has 0 unspecified atom stereocenters. The van der Waals surface area contributed by atoms with E-state index in [-0.39, 0.29) is 0 Å². The van der Waals surface area contributed by atoms with Gasteiger partial charge in [0.1, 0.15) is 0 Å². The lowest BCUT2D eigenvalue weighted by atomic mass is 10.2. The fourth-order valence-electron chi connectivity index (χ4n) is 3.14. The van der Waals surface area contributed by atoms with Crippen LogP contribution in [0.2, 0.25) is 0 Å². The molecule has 7 heteroatoms. The standard InChI is InChI=1S/C20H29N7/c1-21-19(25-17-18-7-3-2-4-8-18)22-11-6-12-26-13-15-27(16-14-26)20-23-9-5-10-24-20/h2-5,7-10H,6,11-17H2,1H3,(H2,21,22,25). The van der Waals surface area contributed by atoms with E-state index in [1.54, 1.807) is 12.4 Å². The maximum atomic E-state index is 4.34. The fourth-order valence-corrected chi connectivity index (χ4v) is 3.14. The van der Waals surface area contributed by atoms with E-state index in [1.807, 2.05) is 19.2 Å². The number of aliphatic imine (C=N–C) groups is 1. The fraction of sp³-hybridized carbons (Fsp3) is 0.450. The number of hydrogen-bond donors (Lipinski definition) is 2. The third-order valence-electron chi connectivity index (χ3n) is 4.68. The average Bonchev–Trinajstić information content (AvgIpc) is 2.75. The van der Waals surface area contributed by atoms with Gasteiger partial charge in [-0.3, -0.25) is 9.89 Å². The van der Waals surface area contributed by atoms with Crippen molar-refractivity contribution in [1.29, 1.82) is 0 Å². The van der Waals surface area contributed by atoms with Gasteiger partial charge in [-0.2, -0.15) is 0 Å². The van der Waals surface area contributed by atoms with E-state index in [2.05, 4.69) is 59.7 Å². The Labute approximate surface area is 161 Å². The van der Waals surface area contributed by atoms with Gasteiger partial charge in [-0.1, -0.05) is 30.3 Å². The van der Waals surface area contributed by atoms with Gasteiger partial charge < -0.3 is 15.5 Å². The Balaban J connectivity index is 1.30. The summed E-state index contributed by atoms with van der Waals surface area (Å²) in [5, 5.41) is 6.75. The third-order valence-corrected chi connectivity index (χ3v) is 4.68. The molecule has 7 nitrogen and oxygen atoms in total. The number of nitrogens with one attached hydrogen (secondary N) is 2. The van der Waals surface area contributed by atoms with Crippen molar-refractivity contribution in [2.24, 2.45) is 4.99 Å². The van der Waals surface area contributed by atoms with E-state index in [9.17, 15) is 0 Å². The first-order valence-corrected chi connectivity index (χ1v) is 9.58. The Morgan fingerprint density at radius 3 is 2.44 bits per heavy atom. The molecule has 0 aliphatic carbocycles. The molecule has 2 N–H and O–H groups in total. The first kappa shape index (κ1) is 19.1. The zero-order valence-corrected chi connectivity index (χ0v) is 16.0. The molecule has 27 heavy (non-hydrogen) atoms. The molecule has 0 atom stereocenters. The molecule has 3 rings (SSSR count). The summed E-state index contributed by atoms with van der Waals surface area (Å²) in [5.41, 5.74) is 1.25. The van der Waals surface area contributed by atoms with E-state index >= 15 is 0 Å². The van der Waals surface area contributed by atoms with Crippen LogP contribution in [0.5, 0.6) is 0 Å². The summed E-state index contributed by atoms with van der Waals surface area (Å²) in [6.45, 7) is 6.86. The highest BCUT2D eigenvalue weighted by molar-refractivity contribution is 5.79. The number of benzene rings is 1. The van der Waals surface area contributed by atoms with Crippen LogP contribution in [0.25, 0.3) is 0 Å². The summed E-state index contributed by atoms with van der Waals surface area (Å²) in [7, 11) is 1.81. The van der Waals surface area contributed by atoms with Crippen molar-refractivity contribution in [3.63, 3.8) is 0 Å². The minimum Gasteiger partial charge on any atom is -0.356 e. The Morgan fingerprint density at radius 1 is 1.00 bits per heavy atom. The second kappa shape index (κ2) is 10.5. The molecule has 0 bridgehead atoms. The van der Waals surface area contributed by atoms with Crippen LogP contribution in [0.3, 0.4) is 0 Å². The van der Waals surface area contributed by atoms with Crippen LogP contribution in [0.15, 0.2) is 53.8 Å². The Bertz CT molecular complexity index is 682. The highest BCUT2D eigenvalue weighted by Crippen LogP contribution is 2.09. The van der Waals surface area contributed by atoms with Gasteiger partial charge in [-0.05, 0) is 24.6 Å². The predicted molar refractivity (Wildman–Crippen MR) is 110 cm³/mol. The van der Waals surface area contributed by atoms with Crippen LogP contribution in [0, 0.1) is 0 Å². The molecule has 2 aromatic rings. The Hall–Kier alpha value is -2.67. The van der Waals surface area contributed by atoms with Gasteiger partial charge in [-0.15, -0.1) is 0 Å². The minimum atomic E-state index is 0.782. The van der Waals surface area contributed by atoms with Crippen LogP contribution in [0.4, 0.5) is 5.95 Å². The van der Waals surface area contributed by atoms with Crippen molar-refractivity contribution in [2.75, 3.05) is 51.2 Å². The van der Waals surface area contributed by atoms with Crippen molar-refractivity contribution >= 4 is 11.9 Å². The quantitative estimate of drug-likeness (QED) is 0.437. The van der Waals surface area contributed by atoms with Crippen molar-refractivity contribution < 1.29 is 0 Å². The first-order valence-electron chi connectivity index (χ1n) is 9.58. The Morgan fingerprint density at radius 2 is 1.74 bits per heavy atom. The second-order valence-corrected chi connectivity index (χ2v) is 6.57. The van der Waals surface area contributed by atoms with Crippen molar-refractivity contribution in [2.45, 2.75) is 13.0 Å². The molecule has 0 spiro atoms. The second-order valence-electron chi connectivity index (χ2n) is 6.57. The lowest BCUT2D eigenvalue weighted by molar-refractivity contribution is 0.254. The molecule has 0 amide bonds. The molecule has 1 aromatic carbocycles. The van der Waals surface area contributed by atoms with Crippen LogP contribution in [0.1, 0.15) is 12.0 Å². The summed E-state index contributed by atoms with van der Waals surface area (Å²) in [6, 6.07) is 12.2. The topological polar surface area (TPSA) is 68.7 Å². The van der Waals surface area contributed by atoms with Crippen LogP contribution >= 0.6 is 0 Å². The van der Waals surface area contributed by atoms with Gasteiger partial charge in [0.25, 0.3) is 0 Å². The van der Waals surface area contributed by atoms with Gasteiger partial charge >= 0.3 is 0 Å². The molecule has 2 heterocycles. The molecule has 144 valence electrons. The smallest absolute Gasteiger partial charge is 0.225 e. The number of nitrogens with zero attached hydrogens (tertiary/aromatic N) is 5. The molecular formula is C20H29N7. The van der Waals surface area contributed by atoms with Crippen molar-refractivity contribution in [3.8, 4) is 0 Å². The molecule has 0 radical (unpaired) electrons. The number of aromatic nitrogens is 2. The molecule has 0 saturated carbocycles. The molecule has 1 saturated heterocycles. The van der Waals surface area contributed by atoms with Gasteiger partial charge in [0.05, 0.1) is 0 Å². The third kappa shape index (κ3) is 6.21. The molecular weight excluding hydrogens is 338 g/mol. The summed E-state index contributed by atoms with van der Waals surface area (Å²) >= 11 is 0. The average molecular weight is 368 g/mol. The lowest BCUT2D eigenvalue weighted by Gasteiger charge is -2.34. The summed E-state index contributed by atoms with van der Waals surface area (Å²) in [5.74, 6) is 1.69. The number of anilines is 1. The molecule has 1 aromatic heterocycles. The number of rotatable bonds is 7. The largest absolute Gasteiger partial charge is 0.356 e. The van der Waals surface area contributed by atoms with Crippen molar-refractivity contribution in [3.05, 3.63) is 54.4 Å². The van der Waals surface area contributed by atoms with Crippen LogP contribution in [-0.4, -0.2) is 67.1 Å². The van der Waals surface area contributed by atoms with Gasteiger partial charge in [0.15, 0.2) is 5.96 Å². The van der Waals surface area contributed by atoms with Gasteiger partial charge in [0, 0.05) is 58.7 Å². The van der Waals surface area contributed by atoms with E-state index in [4.69, 9.17) is 0 Å². The van der Waals surface area contributed by atoms with E-state index in [0.717, 1.165) is 64.1 Å². The maximum Gasteiger partial charge on any atom is 0.225 e. The number of guanidine groups is 1. The van der Waals surface area contributed by atoms with Crippen LogP contribution < -0.4 is 15.5 Å². The number of piperazine rings is 1. The SMILES string of the molecule is CN=C(NCCCN1CCN(c2ncccn2)CC1)NCc1ccccc1. The normalized spacial score (nSPS) is 15.6. The highest BCUT2D eigenvalue weighted by Gasteiger charge is 2.18. The highest BCUT2D eigenvalue weighted by atomic mass is 15.3. The number of hydrogen-bond acceptors (Lipinski definition) is 5.